The van der Waals surface area contributed by atoms with Gasteiger partial charge in [0.1, 0.15) is 5.75 Å². The number of benzene rings is 4. The van der Waals surface area contributed by atoms with E-state index in [1.807, 2.05) is 6.07 Å². The molecule has 3 nitrogen and oxygen atoms in total. The van der Waals surface area contributed by atoms with Gasteiger partial charge in [0.05, 0.1) is 12.6 Å². The molecule has 0 fully saturated rings. The molecule has 0 radical (unpaired) electrons. The number of fused-ring (bicyclic) bond motifs is 5. The second-order valence-electron chi connectivity index (χ2n) is 7.60. The first-order valence-electron chi connectivity index (χ1n) is 9.83. The second kappa shape index (κ2) is 5.89. The van der Waals surface area contributed by atoms with Gasteiger partial charge < -0.3 is 14.7 Å². The third-order valence-electron chi connectivity index (χ3n) is 5.97. The summed E-state index contributed by atoms with van der Waals surface area (Å²) in [6.07, 6.45) is 0. The molecule has 0 amide bonds. The van der Waals surface area contributed by atoms with Crippen LogP contribution >= 0.6 is 0 Å². The second-order valence-corrected chi connectivity index (χ2v) is 7.60. The molecule has 29 heavy (non-hydrogen) atoms. The standard InChI is InChI=1S/C26H20N2O/c1-15-24(19-9-5-6-10-22(19)27-15)25-18-8-4-3-7-16(18)13-21-20-14-17(29-2)11-12-23(20)28-26(21)25/h3-14,27-28H,1-2H3. The number of aryl methyl sites for hydroxylation is 1. The van der Waals surface area contributed by atoms with Crippen molar-refractivity contribution in [3.8, 4) is 16.9 Å². The normalized spacial score (nSPS) is 11.8. The molecule has 0 saturated heterocycles. The fourth-order valence-corrected chi connectivity index (χ4v) is 4.67. The first-order valence-corrected chi connectivity index (χ1v) is 9.83. The average Bonchev–Trinajstić information content (AvgIpc) is 3.28. The number of para-hydroxylation sites is 1. The summed E-state index contributed by atoms with van der Waals surface area (Å²) in [5.74, 6) is 0.872. The first-order chi connectivity index (χ1) is 14.2. The van der Waals surface area contributed by atoms with Gasteiger partial charge in [-0.05, 0) is 48.0 Å². The smallest absolute Gasteiger partial charge is 0.119 e. The van der Waals surface area contributed by atoms with Crippen LogP contribution in [0.15, 0.2) is 72.8 Å². The Morgan fingerprint density at radius 2 is 1.41 bits per heavy atom. The predicted octanol–water partition coefficient (Wildman–Crippen LogP) is 6.94. The van der Waals surface area contributed by atoms with Crippen molar-refractivity contribution in [1.82, 2.24) is 9.97 Å². The van der Waals surface area contributed by atoms with E-state index in [0.29, 0.717) is 0 Å². The Balaban J connectivity index is 1.86. The monoisotopic (exact) mass is 376 g/mol. The van der Waals surface area contributed by atoms with E-state index in [2.05, 4.69) is 83.6 Å². The van der Waals surface area contributed by atoms with Crippen molar-refractivity contribution >= 4 is 43.5 Å². The van der Waals surface area contributed by atoms with Gasteiger partial charge in [-0.25, -0.2) is 0 Å². The van der Waals surface area contributed by atoms with E-state index in [1.165, 1.54) is 54.8 Å². The number of aromatic amines is 2. The van der Waals surface area contributed by atoms with Gasteiger partial charge in [0, 0.05) is 44.0 Å². The molecular formula is C26H20N2O. The van der Waals surface area contributed by atoms with E-state index in [-0.39, 0.29) is 0 Å². The lowest BCUT2D eigenvalue weighted by Crippen LogP contribution is -1.86. The van der Waals surface area contributed by atoms with Crippen molar-refractivity contribution in [3.05, 3.63) is 78.5 Å². The van der Waals surface area contributed by atoms with E-state index < -0.39 is 0 Å². The Hall–Kier alpha value is -3.72. The van der Waals surface area contributed by atoms with Gasteiger partial charge >= 0.3 is 0 Å². The summed E-state index contributed by atoms with van der Waals surface area (Å²) in [6, 6.07) is 25.7. The molecule has 3 heteroatoms. The number of aromatic nitrogens is 2. The molecule has 0 atom stereocenters. The van der Waals surface area contributed by atoms with Crippen LogP contribution in [0.1, 0.15) is 5.69 Å². The number of hydrogen-bond donors (Lipinski definition) is 2. The molecule has 0 unspecified atom stereocenters. The van der Waals surface area contributed by atoms with Crippen LogP contribution in [-0.2, 0) is 0 Å². The van der Waals surface area contributed by atoms with Crippen LogP contribution in [0.25, 0.3) is 54.6 Å². The zero-order valence-corrected chi connectivity index (χ0v) is 16.3. The van der Waals surface area contributed by atoms with Crippen LogP contribution < -0.4 is 4.74 Å². The Morgan fingerprint density at radius 3 is 2.28 bits per heavy atom. The Morgan fingerprint density at radius 1 is 0.655 bits per heavy atom. The maximum atomic E-state index is 5.49. The van der Waals surface area contributed by atoms with Crippen LogP contribution in [-0.4, -0.2) is 17.1 Å². The fraction of sp³-hybridized carbons (Fsp3) is 0.0769. The van der Waals surface area contributed by atoms with Crippen molar-refractivity contribution < 1.29 is 4.74 Å². The Bertz CT molecular complexity index is 1550. The summed E-state index contributed by atoms with van der Waals surface area (Å²) in [6.45, 7) is 2.16. The number of nitrogens with one attached hydrogen (secondary N) is 2. The summed E-state index contributed by atoms with van der Waals surface area (Å²) in [5.41, 5.74) is 7.15. The van der Waals surface area contributed by atoms with E-state index in [9.17, 15) is 0 Å². The van der Waals surface area contributed by atoms with Gasteiger partial charge in [0.25, 0.3) is 0 Å². The summed E-state index contributed by atoms with van der Waals surface area (Å²) in [7, 11) is 1.71. The van der Waals surface area contributed by atoms with E-state index in [1.54, 1.807) is 7.11 Å². The largest absolute Gasteiger partial charge is 0.497 e. The molecular weight excluding hydrogens is 356 g/mol. The highest BCUT2D eigenvalue weighted by Gasteiger charge is 2.19. The first kappa shape index (κ1) is 16.3. The summed E-state index contributed by atoms with van der Waals surface area (Å²) in [4.78, 5) is 7.27. The maximum Gasteiger partial charge on any atom is 0.119 e. The highest BCUT2D eigenvalue weighted by Crippen LogP contribution is 2.43. The van der Waals surface area contributed by atoms with E-state index in [4.69, 9.17) is 4.74 Å². The zero-order chi connectivity index (χ0) is 19.5. The van der Waals surface area contributed by atoms with Gasteiger partial charge in [0.2, 0.25) is 0 Å². The lowest BCUT2D eigenvalue weighted by Gasteiger charge is -2.10. The van der Waals surface area contributed by atoms with E-state index in [0.717, 1.165) is 11.3 Å². The molecule has 0 bridgehead atoms. The van der Waals surface area contributed by atoms with Crippen LogP contribution in [0.4, 0.5) is 0 Å². The number of hydrogen-bond acceptors (Lipinski definition) is 1. The minimum Gasteiger partial charge on any atom is -0.497 e. The number of rotatable bonds is 2. The summed E-state index contributed by atoms with van der Waals surface area (Å²) < 4.78 is 5.49. The van der Waals surface area contributed by atoms with Crippen molar-refractivity contribution in [2.45, 2.75) is 6.92 Å². The zero-order valence-electron chi connectivity index (χ0n) is 16.3. The molecule has 0 saturated carbocycles. The third-order valence-corrected chi connectivity index (χ3v) is 5.97. The van der Waals surface area contributed by atoms with Gasteiger partial charge in [-0.15, -0.1) is 0 Å². The van der Waals surface area contributed by atoms with Crippen molar-refractivity contribution in [3.63, 3.8) is 0 Å². The van der Waals surface area contributed by atoms with Crippen molar-refractivity contribution in [1.29, 1.82) is 0 Å². The lowest BCUT2D eigenvalue weighted by molar-refractivity contribution is 0.415. The van der Waals surface area contributed by atoms with Gasteiger partial charge in [-0.1, -0.05) is 42.5 Å². The molecule has 0 aliphatic rings. The number of H-pyrrole nitrogens is 2. The fourth-order valence-electron chi connectivity index (χ4n) is 4.67. The summed E-state index contributed by atoms with van der Waals surface area (Å²) >= 11 is 0. The quantitative estimate of drug-likeness (QED) is 0.338. The highest BCUT2D eigenvalue weighted by atomic mass is 16.5. The lowest BCUT2D eigenvalue weighted by atomic mass is 9.93. The predicted molar refractivity (Wildman–Crippen MR) is 122 cm³/mol. The molecule has 6 aromatic rings. The minimum absolute atomic E-state index is 0.872. The van der Waals surface area contributed by atoms with Crippen LogP contribution in [0.2, 0.25) is 0 Å². The van der Waals surface area contributed by atoms with E-state index >= 15 is 0 Å². The molecule has 2 N–H and O–H groups in total. The van der Waals surface area contributed by atoms with Crippen LogP contribution in [0.3, 0.4) is 0 Å². The average molecular weight is 376 g/mol. The van der Waals surface area contributed by atoms with Gasteiger partial charge in [-0.2, -0.15) is 0 Å². The van der Waals surface area contributed by atoms with Gasteiger partial charge in [0.15, 0.2) is 0 Å². The molecule has 4 aromatic carbocycles. The third kappa shape index (κ3) is 2.24. The molecule has 0 spiro atoms. The Kier molecular flexibility index (Phi) is 3.30. The van der Waals surface area contributed by atoms with Gasteiger partial charge in [-0.3, -0.25) is 0 Å². The SMILES string of the molecule is COc1ccc2[nH]c3c(-c4c(C)[nH]c5ccccc45)c4ccccc4cc3c2c1. The van der Waals surface area contributed by atoms with Crippen LogP contribution in [0.5, 0.6) is 5.75 Å². The van der Waals surface area contributed by atoms with Crippen molar-refractivity contribution in [2.75, 3.05) is 7.11 Å². The summed E-state index contributed by atoms with van der Waals surface area (Å²) in [5, 5.41) is 6.15. The molecule has 6 rings (SSSR count). The topological polar surface area (TPSA) is 40.8 Å². The highest BCUT2D eigenvalue weighted by molar-refractivity contribution is 6.22. The van der Waals surface area contributed by atoms with Crippen molar-refractivity contribution in [2.24, 2.45) is 0 Å². The Labute approximate surface area is 167 Å². The molecule has 2 heterocycles. The molecule has 0 aliphatic carbocycles. The molecule has 0 aliphatic heterocycles. The minimum atomic E-state index is 0.872. The number of methoxy groups -OCH3 is 1. The molecule has 2 aromatic heterocycles. The molecule has 140 valence electrons. The van der Waals surface area contributed by atoms with Crippen LogP contribution in [0, 0.1) is 6.92 Å². The maximum absolute atomic E-state index is 5.49. The number of ether oxygens (including phenoxy) is 1.